The summed E-state index contributed by atoms with van der Waals surface area (Å²) in [5, 5.41) is 14.0. The van der Waals surface area contributed by atoms with Crippen LogP contribution in [0.5, 0.6) is 11.5 Å². The van der Waals surface area contributed by atoms with E-state index in [9.17, 15) is 4.79 Å². The number of benzene rings is 3. The van der Waals surface area contributed by atoms with Crippen molar-refractivity contribution < 1.29 is 14.3 Å². The van der Waals surface area contributed by atoms with Gasteiger partial charge >= 0.3 is 0 Å². The fourth-order valence-corrected chi connectivity index (χ4v) is 4.30. The maximum absolute atomic E-state index is 12.5. The van der Waals surface area contributed by atoms with Crippen molar-refractivity contribution in [2.45, 2.75) is 12.1 Å². The predicted molar refractivity (Wildman–Crippen MR) is 143 cm³/mol. The lowest BCUT2D eigenvalue weighted by Gasteiger charge is -2.11. The van der Waals surface area contributed by atoms with Gasteiger partial charge in [0.25, 0.3) is 5.91 Å². The van der Waals surface area contributed by atoms with Crippen LogP contribution in [0, 0.1) is 6.92 Å². The number of carbonyl (C=O) groups is 1. The van der Waals surface area contributed by atoms with Crippen molar-refractivity contribution in [3.05, 3.63) is 82.9 Å². The van der Waals surface area contributed by atoms with Gasteiger partial charge in [-0.3, -0.25) is 9.36 Å². The Hall–Kier alpha value is -3.82. The molecule has 0 saturated heterocycles. The minimum atomic E-state index is -0.287. The monoisotopic (exact) mass is 521 g/mol. The van der Waals surface area contributed by atoms with E-state index in [1.54, 1.807) is 32.4 Å². The summed E-state index contributed by atoms with van der Waals surface area (Å²) in [4.78, 5) is 12.5. The quantitative estimate of drug-likeness (QED) is 0.186. The summed E-state index contributed by atoms with van der Waals surface area (Å²) >= 11 is 7.33. The Morgan fingerprint density at radius 2 is 1.81 bits per heavy atom. The number of carbonyl (C=O) groups excluding carboxylic acids is 1. The standard InChI is InChI=1S/C26H24ClN5O3S/c1-17-7-13-21(14-8-17)32-25(18-9-11-20(27)12-10-18)30-31-26(32)36-16-23(33)29-28-15-19-5-4-6-22(34-2)24(19)35-3/h4-15H,16H2,1-3H3,(H,29,33)/b28-15-. The topological polar surface area (TPSA) is 90.6 Å². The molecular formula is C26H24ClN5O3S. The second kappa shape index (κ2) is 11.7. The molecule has 0 aliphatic carbocycles. The molecule has 0 spiro atoms. The number of hydrogen-bond acceptors (Lipinski definition) is 7. The number of rotatable bonds is 9. The third kappa shape index (κ3) is 5.87. The average molecular weight is 522 g/mol. The molecule has 1 aromatic heterocycles. The Labute approximate surface area is 218 Å². The van der Waals surface area contributed by atoms with Gasteiger partial charge in [-0.25, -0.2) is 5.43 Å². The van der Waals surface area contributed by atoms with E-state index in [2.05, 4.69) is 20.7 Å². The summed E-state index contributed by atoms with van der Waals surface area (Å²) in [6.45, 7) is 2.03. The van der Waals surface area contributed by atoms with Crippen molar-refractivity contribution in [3.8, 4) is 28.6 Å². The number of aromatic nitrogens is 3. The second-order valence-corrected chi connectivity index (χ2v) is 9.03. The van der Waals surface area contributed by atoms with Gasteiger partial charge in [-0.05, 0) is 55.5 Å². The Morgan fingerprint density at radius 3 is 2.50 bits per heavy atom. The minimum absolute atomic E-state index is 0.0944. The summed E-state index contributed by atoms with van der Waals surface area (Å²) in [5.41, 5.74) is 6.11. The average Bonchev–Trinajstić information content (AvgIpc) is 3.32. The molecule has 1 amide bonds. The molecule has 0 fully saturated rings. The number of halogens is 1. The van der Waals surface area contributed by atoms with Crippen LogP contribution >= 0.6 is 23.4 Å². The number of thioether (sulfide) groups is 1. The lowest BCUT2D eigenvalue weighted by Crippen LogP contribution is -2.20. The lowest BCUT2D eigenvalue weighted by atomic mass is 10.2. The lowest BCUT2D eigenvalue weighted by molar-refractivity contribution is -0.118. The molecule has 0 bridgehead atoms. The van der Waals surface area contributed by atoms with Crippen LogP contribution in [0.2, 0.25) is 5.02 Å². The molecular weight excluding hydrogens is 498 g/mol. The number of aryl methyl sites for hydroxylation is 1. The smallest absolute Gasteiger partial charge is 0.250 e. The molecule has 0 unspecified atom stereocenters. The summed E-state index contributed by atoms with van der Waals surface area (Å²) in [5.74, 6) is 1.58. The highest BCUT2D eigenvalue weighted by Gasteiger charge is 2.17. The maximum Gasteiger partial charge on any atom is 0.250 e. The molecule has 36 heavy (non-hydrogen) atoms. The number of methoxy groups -OCH3 is 2. The fourth-order valence-electron chi connectivity index (χ4n) is 3.43. The van der Waals surface area contributed by atoms with Crippen molar-refractivity contribution in [3.63, 3.8) is 0 Å². The van der Waals surface area contributed by atoms with Crippen molar-refractivity contribution in [1.82, 2.24) is 20.2 Å². The van der Waals surface area contributed by atoms with Crippen LogP contribution in [0.25, 0.3) is 17.1 Å². The zero-order chi connectivity index (χ0) is 25.5. The zero-order valence-electron chi connectivity index (χ0n) is 19.9. The normalized spacial score (nSPS) is 11.0. The van der Waals surface area contributed by atoms with Crippen LogP contribution in [0.1, 0.15) is 11.1 Å². The molecule has 0 aliphatic heterocycles. The highest BCUT2D eigenvalue weighted by Crippen LogP contribution is 2.30. The number of hydrogen-bond donors (Lipinski definition) is 1. The first-order valence-electron chi connectivity index (χ1n) is 10.9. The van der Waals surface area contributed by atoms with Gasteiger partial charge in [0.1, 0.15) is 0 Å². The molecule has 1 N–H and O–H groups in total. The minimum Gasteiger partial charge on any atom is -0.493 e. The summed E-state index contributed by atoms with van der Waals surface area (Å²) in [6.07, 6.45) is 1.51. The van der Waals surface area contributed by atoms with Crippen LogP contribution in [0.4, 0.5) is 0 Å². The highest BCUT2D eigenvalue weighted by atomic mass is 35.5. The molecule has 0 aliphatic rings. The van der Waals surface area contributed by atoms with E-state index in [1.807, 2.05) is 60.0 Å². The van der Waals surface area contributed by atoms with Gasteiger partial charge in [0, 0.05) is 21.8 Å². The van der Waals surface area contributed by atoms with Crippen molar-refractivity contribution in [2.75, 3.05) is 20.0 Å². The van der Waals surface area contributed by atoms with Crippen molar-refractivity contribution in [2.24, 2.45) is 5.10 Å². The van der Waals surface area contributed by atoms with E-state index < -0.39 is 0 Å². The van der Waals surface area contributed by atoms with Gasteiger partial charge in [-0.15, -0.1) is 10.2 Å². The molecule has 4 aromatic rings. The Morgan fingerprint density at radius 1 is 1.06 bits per heavy atom. The van der Waals surface area contributed by atoms with Crippen LogP contribution in [0.3, 0.4) is 0 Å². The first-order chi connectivity index (χ1) is 17.5. The number of para-hydroxylation sites is 1. The Bertz CT molecular complexity index is 1370. The van der Waals surface area contributed by atoms with Gasteiger partial charge in [0.15, 0.2) is 22.5 Å². The molecule has 4 rings (SSSR count). The van der Waals surface area contributed by atoms with E-state index >= 15 is 0 Å². The number of amides is 1. The van der Waals surface area contributed by atoms with Crippen LogP contribution in [-0.4, -0.2) is 46.9 Å². The molecule has 8 nitrogen and oxygen atoms in total. The second-order valence-electron chi connectivity index (χ2n) is 7.65. The summed E-state index contributed by atoms with van der Waals surface area (Å²) in [6, 6.07) is 20.8. The van der Waals surface area contributed by atoms with E-state index in [0.717, 1.165) is 16.8 Å². The molecule has 184 valence electrons. The summed E-state index contributed by atoms with van der Waals surface area (Å²) < 4.78 is 12.6. The van der Waals surface area contributed by atoms with Crippen molar-refractivity contribution >= 4 is 35.5 Å². The van der Waals surface area contributed by atoms with E-state index in [0.29, 0.717) is 33.1 Å². The number of nitrogens with one attached hydrogen (secondary N) is 1. The molecule has 0 saturated carbocycles. The Kier molecular flexibility index (Phi) is 8.24. The third-order valence-corrected chi connectivity index (χ3v) is 6.37. The third-order valence-electron chi connectivity index (χ3n) is 5.19. The van der Waals surface area contributed by atoms with Crippen LogP contribution in [0.15, 0.2) is 77.0 Å². The van der Waals surface area contributed by atoms with Gasteiger partial charge in [0.2, 0.25) is 0 Å². The van der Waals surface area contributed by atoms with Crippen LogP contribution in [-0.2, 0) is 4.79 Å². The predicted octanol–water partition coefficient (Wildman–Crippen LogP) is 5.16. The molecule has 3 aromatic carbocycles. The SMILES string of the molecule is COc1cccc(/C=N\NC(=O)CSc2nnc(-c3ccc(Cl)cc3)n2-c2ccc(C)cc2)c1OC. The van der Waals surface area contributed by atoms with Crippen LogP contribution < -0.4 is 14.9 Å². The van der Waals surface area contributed by atoms with Gasteiger partial charge in [-0.1, -0.05) is 47.1 Å². The van der Waals surface area contributed by atoms with E-state index in [-0.39, 0.29) is 11.7 Å². The number of hydrazone groups is 1. The van der Waals surface area contributed by atoms with E-state index in [1.165, 1.54) is 18.0 Å². The van der Waals surface area contributed by atoms with Gasteiger partial charge < -0.3 is 9.47 Å². The largest absolute Gasteiger partial charge is 0.493 e. The zero-order valence-corrected chi connectivity index (χ0v) is 21.5. The molecule has 10 heteroatoms. The van der Waals surface area contributed by atoms with E-state index in [4.69, 9.17) is 21.1 Å². The molecule has 0 atom stereocenters. The Balaban J connectivity index is 1.50. The first kappa shape index (κ1) is 25.3. The number of nitrogens with zero attached hydrogens (tertiary/aromatic N) is 4. The van der Waals surface area contributed by atoms with Gasteiger partial charge in [-0.2, -0.15) is 5.10 Å². The van der Waals surface area contributed by atoms with Gasteiger partial charge in [0.05, 0.1) is 26.2 Å². The molecule has 0 radical (unpaired) electrons. The van der Waals surface area contributed by atoms with Crippen molar-refractivity contribution in [1.29, 1.82) is 0 Å². The highest BCUT2D eigenvalue weighted by molar-refractivity contribution is 7.99. The fraction of sp³-hybridized carbons (Fsp3) is 0.154. The maximum atomic E-state index is 12.5. The first-order valence-corrected chi connectivity index (χ1v) is 12.3. The summed E-state index contributed by atoms with van der Waals surface area (Å²) in [7, 11) is 3.11. The number of ether oxygens (including phenoxy) is 2. The molecule has 1 heterocycles.